The molecule has 0 saturated carbocycles. The number of methoxy groups -OCH3 is 1. The van der Waals surface area contributed by atoms with Crippen molar-refractivity contribution in [3.05, 3.63) is 120 Å². The molecule has 0 aliphatic carbocycles. The maximum Gasteiger partial charge on any atom is 0.231 e. The molecule has 0 fully saturated rings. The van der Waals surface area contributed by atoms with E-state index >= 15 is 0 Å². The molecular formula is C41H45B73NO11. The van der Waals surface area contributed by atoms with E-state index in [2.05, 4.69) is 16.4 Å². The van der Waals surface area contributed by atoms with Gasteiger partial charge in [0.05, 0.1) is 32.2 Å². The molecule has 0 N–H and O–H groups in total. The Morgan fingerprint density at radius 1 is 0.429 bits per heavy atom. The molecule has 0 saturated heterocycles. The van der Waals surface area contributed by atoms with E-state index in [0.29, 0.717) is 55.0 Å². The summed E-state index contributed by atoms with van der Waals surface area (Å²) in [6.07, 6.45) is -41.3. The van der Waals surface area contributed by atoms with Crippen molar-refractivity contribution in [3.8, 4) is 17.2 Å². The Labute approximate surface area is 818 Å². The molecule has 1 aromatic carbocycles. The fourth-order valence-corrected chi connectivity index (χ4v) is 18.3. The third kappa shape index (κ3) is 35.5. The van der Waals surface area contributed by atoms with Crippen LogP contribution in [0.3, 0.4) is 0 Å². The number of hydrogen-bond donors (Lipinski definition) is 0. The van der Waals surface area contributed by atoms with Crippen LogP contribution < -0.4 is 14.2 Å². The van der Waals surface area contributed by atoms with Gasteiger partial charge >= 0.3 is 0 Å². The van der Waals surface area contributed by atoms with E-state index in [1.54, 1.807) is 63.2 Å². The number of rotatable bonds is 47. The van der Waals surface area contributed by atoms with Crippen molar-refractivity contribution in [1.29, 1.82) is 0 Å². The van der Waals surface area contributed by atoms with Gasteiger partial charge in [-0.2, -0.15) is 0 Å². The summed E-state index contributed by atoms with van der Waals surface area (Å²) in [6, 6.07) is 16.3. The van der Waals surface area contributed by atoms with Crippen LogP contribution in [0.5, 0.6) is 17.2 Å². The first-order valence-corrected chi connectivity index (χ1v) is 41.1. The smallest absolute Gasteiger partial charge is 0.231 e. The fraction of sp³-hybridized carbons (Fsp3) is 0.317. The lowest BCUT2D eigenvalue weighted by molar-refractivity contribution is -0.120. The first-order chi connectivity index (χ1) is 58.9. The second kappa shape index (κ2) is 59.1. The molecule has 12 nitrogen and oxygen atoms in total. The van der Waals surface area contributed by atoms with Crippen LogP contribution in [0, 0.1) is 0 Å². The van der Waals surface area contributed by atoms with Crippen LogP contribution >= 0.6 is 0 Å². The number of furan rings is 4. The van der Waals surface area contributed by atoms with Gasteiger partial charge in [-0.3, -0.25) is 19.3 Å². The van der Waals surface area contributed by atoms with Gasteiger partial charge in [-0.05, 0) is 99.6 Å². The highest BCUT2D eigenvalue weighted by Gasteiger charge is 2.65. The Kier molecular flexibility index (Phi) is 55.8. The van der Waals surface area contributed by atoms with Gasteiger partial charge in [0.15, 0.2) is 29.3 Å². The number of aldehydes is 1. The number of ketones is 3. The van der Waals surface area contributed by atoms with Crippen molar-refractivity contribution in [1.82, 2.24) is 4.90 Å². The lowest BCUT2D eigenvalue weighted by Gasteiger charge is -2.60. The number of likely N-dealkylation sites (N-methyl/N-ethyl adjacent to an activating group) is 1. The Morgan fingerprint density at radius 3 is 1.02 bits per heavy atom. The molecule has 0 amide bonds. The number of Topliss-reactive ketones (excluding diaryl/α,β-unsaturated/α-hetero) is 2. The van der Waals surface area contributed by atoms with Crippen LogP contribution in [0.1, 0.15) is 78.1 Å². The number of aryl methyl sites for hydroxylation is 2. The molecule has 75 radical (unpaired) electrons. The summed E-state index contributed by atoms with van der Waals surface area (Å²) in [5.41, 5.74) is 2.23. The van der Waals surface area contributed by atoms with Crippen molar-refractivity contribution >= 4 is 547 Å². The van der Waals surface area contributed by atoms with Gasteiger partial charge in [-0.1, -0.05) is 0 Å². The largest absolute Gasteiger partial charge is 0.492 e. The predicted octanol–water partition coefficient (Wildman–Crippen LogP) is -19.9. The number of nitrogens with zero attached hydrogens (tertiary/aromatic N) is 1. The minimum absolute atomic E-state index is 0.0210. The Hall–Kier alpha value is -1.14. The second-order valence-electron chi connectivity index (χ2n) is 32.6. The lowest BCUT2D eigenvalue weighted by Crippen LogP contribution is -2.99. The summed E-state index contributed by atoms with van der Waals surface area (Å²) < 4.78 is 36.7. The fourth-order valence-electron chi connectivity index (χ4n) is 18.3. The minimum atomic E-state index is -1.76. The molecule has 126 heavy (non-hydrogen) atoms. The van der Waals surface area contributed by atoms with E-state index in [-0.39, 0.29) is 30.2 Å². The zero-order valence-electron chi connectivity index (χ0n) is 72.6. The van der Waals surface area contributed by atoms with E-state index in [1.165, 1.54) is 24.8 Å². The maximum absolute atomic E-state index is 12.6. The molecule has 0 bridgehead atoms. The summed E-state index contributed by atoms with van der Waals surface area (Å²) in [7, 11) is 255. The summed E-state index contributed by atoms with van der Waals surface area (Å²) >= 11 is 0. The van der Waals surface area contributed by atoms with Crippen molar-refractivity contribution in [2.75, 3.05) is 27.5 Å². The zero-order valence-corrected chi connectivity index (χ0v) is 72.6. The van der Waals surface area contributed by atoms with Crippen LogP contribution in [-0.2, 0) is 33.6 Å². The number of allylic oxidation sites excluding steroid dienone is 1. The zero-order chi connectivity index (χ0) is 95.9. The molecule has 6 heterocycles. The highest BCUT2D eigenvalue weighted by Crippen LogP contribution is 2.50. The number of hydrogen-bond acceptors (Lipinski definition) is 12. The molecule has 2 aliphatic heterocycles. The van der Waals surface area contributed by atoms with Crippen LogP contribution in [0.2, 0.25) is 0 Å². The van der Waals surface area contributed by atoms with Gasteiger partial charge in [0.25, 0.3) is 0 Å². The molecule has 2 aliphatic rings. The predicted molar refractivity (Wildman–Crippen MR) is 615 cm³/mol. The summed E-state index contributed by atoms with van der Waals surface area (Å²) in [6.45, 7) is 4.19. The van der Waals surface area contributed by atoms with Gasteiger partial charge < -0.3 is 36.7 Å². The van der Waals surface area contributed by atoms with E-state index in [1.807, 2.05) is 30.3 Å². The second-order valence-corrected chi connectivity index (χ2v) is 32.6. The van der Waals surface area contributed by atoms with Crippen LogP contribution in [0.25, 0.3) is 6.08 Å². The number of carbonyl (C=O) groups is 4. The molecule has 0 spiro atoms. The molecule has 1 unspecified atom stereocenters. The average Bonchev–Trinajstić information content (AvgIpc) is 0.868. The van der Waals surface area contributed by atoms with E-state index in [0.717, 1.165) is 49.3 Å². The number of carbonyl (C=O) groups excluding carboxylic acids is 4. The van der Waals surface area contributed by atoms with E-state index in [9.17, 15) is 19.2 Å². The summed E-state index contributed by atoms with van der Waals surface area (Å²) in [5, 5.41) is 0. The van der Waals surface area contributed by atoms with Crippen molar-refractivity contribution in [2.45, 2.75) is 58.4 Å². The van der Waals surface area contributed by atoms with Crippen molar-refractivity contribution in [3.63, 3.8) is 0 Å². The highest BCUT2D eigenvalue weighted by atomic mass is 16.7. The van der Waals surface area contributed by atoms with Crippen LogP contribution in [0.15, 0.2) is 103 Å². The lowest BCUT2D eigenvalue weighted by atomic mass is 8.21. The summed E-state index contributed by atoms with van der Waals surface area (Å²) in [5.74, 6) is 5.33. The SMILES string of the molecule is CC(=O)/C=C/c1ccco1.CC(=O)CCc1ccco1.COc1c2c(cc3c1C(CC(=O)CCc1ccco1)N(C)CC3)OCO2.O=Cc1ccco1.[B][B]B(B([B])[B])B(B([B])[B])B(B(B(B([B])[B])B([B])[B])B(B([B])[B])B([B])[B])B(B(B(B([B])[B])B([B])[B])B(B([B])[B])B([B])[B])B(B(B(B([B])[B])B([B])[B])B(B([B])[B])B([B])[B])B(B(B([B])[B])B([B])[B])B(B([B])[B])B([B])[B]. The topological polar surface area (TPSA) is 152 Å². The van der Waals surface area contributed by atoms with Gasteiger partial charge in [-0.15, -0.1) is 0 Å². The maximum atomic E-state index is 12.6. The molecule has 1 atom stereocenters. The van der Waals surface area contributed by atoms with Crippen molar-refractivity contribution < 1.29 is 51.1 Å². The Morgan fingerprint density at radius 2 is 0.746 bits per heavy atom. The molecule has 85 heteroatoms. The van der Waals surface area contributed by atoms with Crippen LogP contribution in [0.4, 0.5) is 0 Å². The monoisotopic (exact) mass is 1530 g/mol. The van der Waals surface area contributed by atoms with Gasteiger partial charge in [-0.25, -0.2) is 0 Å². The minimum Gasteiger partial charge on any atom is -0.492 e. The van der Waals surface area contributed by atoms with Gasteiger partial charge in [0, 0.05) is 567 Å². The van der Waals surface area contributed by atoms with Crippen LogP contribution in [-0.4, -0.2) is 573 Å². The molecule has 7 rings (SSSR count). The van der Waals surface area contributed by atoms with Gasteiger partial charge in [0.1, 0.15) is 28.8 Å². The Bertz CT molecular complexity index is 3680. The van der Waals surface area contributed by atoms with Crippen molar-refractivity contribution in [2.24, 2.45) is 0 Å². The standard InChI is InChI=1S/C20H23NO5.C8H10O2.C8H8O2.C5H4O2.B73/c1-21-8-7-13-10-17-19(26-12-25-17)20(23-2)18(13)16(21)11-14(22)5-6-15-4-3-9-24-15;2*1-7(9)4-5-8-3-2-6-10-8;6-4-5-2-1-3-7-5;1-38-57(39(2)3)66(56(36)37)71(67(58(40(4)5)41(6)7)59(42(8)9)43(10)11)73(70(64(52(28)29)53(30)31)65(54(32)33)55(34)35)72(68(60(44(12)13)45(14)15)61(46(16)17)47(18)19)69(62(48(20)21)49(22)23)63(50(24)25)51(26)27/h3-4,9-10,16H,5-8,11-12H2,1-2H3;2-3,6H,4-5H2,1H3;2-6H,1H3;1-4H;/b;;5-4+;;. The summed E-state index contributed by atoms with van der Waals surface area (Å²) in [4.78, 5) is 45.5. The third-order valence-electron chi connectivity index (χ3n) is 23.5. The normalized spacial score (nSPS) is 11.6. The van der Waals surface area contributed by atoms with E-state index in [4.69, 9.17) is 314 Å². The van der Waals surface area contributed by atoms with E-state index < -0.39 is 223 Å². The molecule has 4 aromatic heterocycles. The first-order valence-electron chi connectivity index (χ1n) is 41.1. The number of benzene rings is 1. The molecule has 499 valence electrons. The molecular weight excluding hydrogens is 1470 g/mol. The average molecular weight is 1520 g/mol. The number of fused-ring (bicyclic) bond motifs is 2. The quantitative estimate of drug-likeness (QED) is 0.0207. The first kappa shape index (κ1) is 119. The van der Waals surface area contributed by atoms with Gasteiger partial charge in [0.2, 0.25) is 12.5 Å². The Balaban J connectivity index is 0.000000602. The molecule has 5 aromatic rings. The third-order valence-corrected chi connectivity index (χ3v) is 23.5. The number of ether oxygens (including phenoxy) is 3. The highest BCUT2D eigenvalue weighted by molar-refractivity contribution is 8.40.